The maximum Gasteiger partial charge on any atom is 0.348 e. The van der Waals surface area contributed by atoms with E-state index in [4.69, 9.17) is 0 Å². The molecule has 7 heteroatoms. The van der Waals surface area contributed by atoms with E-state index in [-0.39, 0.29) is 11.5 Å². The van der Waals surface area contributed by atoms with Crippen LogP contribution in [0.4, 0.5) is 5.00 Å². The fraction of sp³-hybridized carbons (Fsp3) is 0.118. The molecule has 24 heavy (non-hydrogen) atoms. The van der Waals surface area contributed by atoms with Crippen LogP contribution in [0.3, 0.4) is 0 Å². The Balaban J connectivity index is 2.18. The molecule has 0 saturated heterocycles. The van der Waals surface area contributed by atoms with E-state index in [1.807, 2.05) is 30.3 Å². The molecular weight excluding hydrogens is 392 g/mol. The summed E-state index contributed by atoms with van der Waals surface area (Å²) in [5.41, 5.74) is 1.64. The van der Waals surface area contributed by atoms with Crippen LogP contribution in [0.15, 0.2) is 34.8 Å². The number of amides is 1. The van der Waals surface area contributed by atoms with Crippen LogP contribution in [0.25, 0.3) is 6.08 Å². The predicted octanol–water partition coefficient (Wildman–Crippen LogP) is 4.13. The van der Waals surface area contributed by atoms with E-state index in [0.717, 1.165) is 21.4 Å². The Morgan fingerprint density at radius 2 is 2.00 bits per heavy atom. The van der Waals surface area contributed by atoms with Gasteiger partial charge in [-0.05, 0) is 36.3 Å². The first-order valence-corrected chi connectivity index (χ1v) is 8.43. The van der Waals surface area contributed by atoms with Gasteiger partial charge in [0.2, 0.25) is 5.91 Å². The number of methoxy groups -OCH3 is 1. The molecule has 0 radical (unpaired) electrons. The summed E-state index contributed by atoms with van der Waals surface area (Å²) in [4.78, 5) is 24.0. The molecule has 0 aliphatic carbocycles. The van der Waals surface area contributed by atoms with Crippen molar-refractivity contribution in [2.24, 2.45) is 0 Å². The molecule has 1 N–H and O–H groups in total. The molecule has 0 aliphatic heterocycles. The normalized spacial score (nSPS) is 10.4. The fourth-order valence-corrected chi connectivity index (χ4v) is 3.27. The number of hydrogen-bond acceptors (Lipinski definition) is 5. The minimum absolute atomic E-state index is 0.269. The summed E-state index contributed by atoms with van der Waals surface area (Å²) in [5, 5.41) is 12.2. The number of esters is 1. The lowest BCUT2D eigenvalue weighted by molar-refractivity contribution is -0.111. The molecule has 0 aliphatic rings. The van der Waals surface area contributed by atoms with Gasteiger partial charge in [-0.15, -0.1) is 11.3 Å². The molecule has 1 amide bonds. The maximum atomic E-state index is 12.1. The third kappa shape index (κ3) is 4.10. The van der Waals surface area contributed by atoms with E-state index in [2.05, 4.69) is 26.0 Å². The number of rotatable bonds is 4. The van der Waals surface area contributed by atoms with Crippen molar-refractivity contribution < 1.29 is 14.3 Å². The van der Waals surface area contributed by atoms with Crippen LogP contribution in [0, 0.1) is 18.3 Å². The molecule has 2 aromatic rings. The summed E-state index contributed by atoms with van der Waals surface area (Å²) in [5.74, 6) is -0.910. The lowest BCUT2D eigenvalue weighted by Crippen LogP contribution is -2.07. The Kier molecular flexibility index (Phi) is 5.90. The van der Waals surface area contributed by atoms with Crippen molar-refractivity contribution in [1.29, 1.82) is 5.26 Å². The highest BCUT2D eigenvalue weighted by atomic mass is 79.9. The Bertz CT molecular complexity index is 848. The number of ether oxygens (including phenoxy) is 1. The van der Waals surface area contributed by atoms with E-state index in [9.17, 15) is 14.9 Å². The zero-order valence-corrected chi connectivity index (χ0v) is 15.3. The third-order valence-corrected chi connectivity index (χ3v) is 4.88. The standard InChI is InChI=1S/C17H13BrN2O3S/c1-10-13(9-19)16(24-15(10)17(22)23-2)20-14(21)8-5-11-3-6-12(18)7-4-11/h3-8H,1-2H3,(H,20,21). The zero-order chi connectivity index (χ0) is 17.7. The molecule has 0 fully saturated rings. The van der Waals surface area contributed by atoms with Gasteiger partial charge in [0.05, 0.1) is 12.7 Å². The molecule has 1 heterocycles. The highest BCUT2D eigenvalue weighted by Crippen LogP contribution is 2.32. The van der Waals surface area contributed by atoms with E-state index in [1.165, 1.54) is 13.2 Å². The first-order chi connectivity index (χ1) is 11.5. The number of benzene rings is 1. The van der Waals surface area contributed by atoms with E-state index < -0.39 is 5.97 Å². The zero-order valence-electron chi connectivity index (χ0n) is 12.9. The Morgan fingerprint density at radius 1 is 1.33 bits per heavy atom. The van der Waals surface area contributed by atoms with Crippen LogP contribution in [-0.2, 0) is 9.53 Å². The molecule has 0 bridgehead atoms. The molecule has 122 valence electrons. The van der Waals surface area contributed by atoms with Crippen LogP contribution < -0.4 is 5.32 Å². The van der Waals surface area contributed by atoms with Gasteiger partial charge in [0.1, 0.15) is 15.9 Å². The summed E-state index contributed by atoms with van der Waals surface area (Å²) in [6, 6.07) is 9.47. The van der Waals surface area contributed by atoms with E-state index in [1.54, 1.807) is 13.0 Å². The van der Waals surface area contributed by atoms with Crippen molar-refractivity contribution in [3.63, 3.8) is 0 Å². The second kappa shape index (κ2) is 7.90. The van der Waals surface area contributed by atoms with Gasteiger partial charge in [0.25, 0.3) is 0 Å². The van der Waals surface area contributed by atoms with Crippen LogP contribution in [0.1, 0.15) is 26.4 Å². The number of hydrogen-bond donors (Lipinski definition) is 1. The molecule has 0 saturated carbocycles. The number of carbonyl (C=O) groups is 2. The largest absolute Gasteiger partial charge is 0.465 e. The van der Waals surface area contributed by atoms with Crippen LogP contribution in [0.5, 0.6) is 0 Å². The number of carbonyl (C=O) groups excluding carboxylic acids is 2. The summed E-state index contributed by atoms with van der Waals surface area (Å²) in [6.07, 6.45) is 3.03. The van der Waals surface area contributed by atoms with Gasteiger partial charge in [-0.25, -0.2) is 4.79 Å². The predicted molar refractivity (Wildman–Crippen MR) is 96.9 cm³/mol. The van der Waals surface area contributed by atoms with Gasteiger partial charge in [-0.3, -0.25) is 4.79 Å². The smallest absolute Gasteiger partial charge is 0.348 e. The highest BCUT2D eigenvalue weighted by molar-refractivity contribution is 9.10. The van der Waals surface area contributed by atoms with Crippen molar-refractivity contribution >= 4 is 50.2 Å². The summed E-state index contributed by atoms with van der Waals surface area (Å²) >= 11 is 4.37. The minimum Gasteiger partial charge on any atom is -0.465 e. The van der Waals surface area contributed by atoms with Gasteiger partial charge < -0.3 is 10.1 Å². The van der Waals surface area contributed by atoms with Crippen molar-refractivity contribution in [1.82, 2.24) is 0 Å². The molecule has 0 spiro atoms. The number of nitrogens with one attached hydrogen (secondary N) is 1. The number of nitrogens with zero attached hydrogens (tertiary/aromatic N) is 1. The molecule has 0 atom stereocenters. The molecule has 0 unspecified atom stereocenters. The van der Waals surface area contributed by atoms with Crippen molar-refractivity contribution in [3.8, 4) is 6.07 Å². The Hall–Kier alpha value is -2.43. The number of halogens is 1. The third-order valence-electron chi connectivity index (χ3n) is 3.16. The van der Waals surface area contributed by atoms with Crippen molar-refractivity contribution in [2.45, 2.75) is 6.92 Å². The summed E-state index contributed by atoms with van der Waals surface area (Å²) in [7, 11) is 1.27. The van der Waals surface area contributed by atoms with Crippen molar-refractivity contribution in [3.05, 3.63) is 56.4 Å². The lowest BCUT2D eigenvalue weighted by Gasteiger charge is -1.99. The average Bonchev–Trinajstić information content (AvgIpc) is 2.89. The molecule has 1 aromatic heterocycles. The Labute approximate surface area is 151 Å². The van der Waals surface area contributed by atoms with E-state index in [0.29, 0.717) is 15.4 Å². The lowest BCUT2D eigenvalue weighted by atomic mass is 10.2. The molecular formula is C17H13BrN2O3S. The maximum absolute atomic E-state index is 12.1. The molecule has 2 rings (SSSR count). The van der Waals surface area contributed by atoms with Crippen molar-refractivity contribution in [2.75, 3.05) is 12.4 Å². The highest BCUT2D eigenvalue weighted by Gasteiger charge is 2.21. The van der Waals surface area contributed by atoms with Crippen LogP contribution in [-0.4, -0.2) is 19.0 Å². The first-order valence-electron chi connectivity index (χ1n) is 6.82. The van der Waals surface area contributed by atoms with Gasteiger partial charge in [0, 0.05) is 10.5 Å². The first kappa shape index (κ1) is 17.9. The van der Waals surface area contributed by atoms with Gasteiger partial charge >= 0.3 is 5.97 Å². The Morgan fingerprint density at radius 3 is 2.58 bits per heavy atom. The summed E-state index contributed by atoms with van der Waals surface area (Å²) < 4.78 is 5.63. The molecule has 1 aromatic carbocycles. The second-order valence-corrected chi connectivity index (χ2v) is 6.67. The van der Waals surface area contributed by atoms with Gasteiger partial charge in [-0.1, -0.05) is 28.1 Å². The number of nitriles is 1. The van der Waals surface area contributed by atoms with E-state index >= 15 is 0 Å². The number of thiophene rings is 1. The van der Waals surface area contributed by atoms with Gasteiger partial charge in [0.15, 0.2) is 0 Å². The van der Waals surface area contributed by atoms with Crippen LogP contribution in [0.2, 0.25) is 0 Å². The summed E-state index contributed by atoms with van der Waals surface area (Å²) in [6.45, 7) is 1.65. The second-order valence-electron chi connectivity index (χ2n) is 4.74. The van der Waals surface area contributed by atoms with Gasteiger partial charge in [-0.2, -0.15) is 5.26 Å². The molecule has 5 nitrogen and oxygen atoms in total. The quantitative estimate of drug-likeness (QED) is 0.613. The topological polar surface area (TPSA) is 79.2 Å². The fourth-order valence-electron chi connectivity index (χ4n) is 1.92. The average molecular weight is 405 g/mol. The minimum atomic E-state index is -0.528. The monoisotopic (exact) mass is 404 g/mol. The SMILES string of the molecule is COC(=O)c1sc(NC(=O)C=Cc2ccc(Br)cc2)c(C#N)c1C. The van der Waals surface area contributed by atoms with Crippen LogP contribution >= 0.6 is 27.3 Å². The number of anilines is 1.